The van der Waals surface area contributed by atoms with Crippen LogP contribution in [0.25, 0.3) is 22.4 Å². The third-order valence-electron chi connectivity index (χ3n) is 2.96. The molecule has 0 aliphatic carbocycles. The van der Waals surface area contributed by atoms with E-state index in [1.54, 1.807) is 10.7 Å². The molecule has 0 aliphatic heterocycles. The number of imidazole rings is 1. The van der Waals surface area contributed by atoms with Crippen molar-refractivity contribution < 1.29 is 4.39 Å². The van der Waals surface area contributed by atoms with E-state index >= 15 is 0 Å². The van der Waals surface area contributed by atoms with E-state index in [0.29, 0.717) is 16.9 Å². The van der Waals surface area contributed by atoms with Crippen LogP contribution in [0.3, 0.4) is 0 Å². The highest BCUT2D eigenvalue weighted by atomic mass is 19.1. The molecule has 0 fully saturated rings. The summed E-state index contributed by atoms with van der Waals surface area (Å²) in [6.07, 6.45) is 2.71. The van der Waals surface area contributed by atoms with Gasteiger partial charge in [0, 0.05) is 13.2 Å². The molecule has 5 heteroatoms. The third-order valence-corrected chi connectivity index (χ3v) is 2.96. The molecular formula is C13H13FN4. The SMILES string of the molecule is CCc1nn(C)cc1-c1nc2c(F)cccc2[nH]1. The third kappa shape index (κ3) is 1.59. The lowest BCUT2D eigenvalue weighted by atomic mass is 10.2. The van der Waals surface area contributed by atoms with Gasteiger partial charge in [0.25, 0.3) is 0 Å². The molecule has 0 amide bonds. The van der Waals surface area contributed by atoms with Crippen molar-refractivity contribution in [2.75, 3.05) is 0 Å². The summed E-state index contributed by atoms with van der Waals surface area (Å²) < 4.78 is 15.3. The smallest absolute Gasteiger partial charge is 0.151 e. The monoisotopic (exact) mass is 244 g/mol. The number of nitrogens with zero attached hydrogens (tertiary/aromatic N) is 3. The lowest BCUT2D eigenvalue weighted by Gasteiger charge is -1.93. The number of para-hydroxylation sites is 1. The number of aromatic amines is 1. The van der Waals surface area contributed by atoms with Gasteiger partial charge in [-0.25, -0.2) is 9.37 Å². The summed E-state index contributed by atoms with van der Waals surface area (Å²) in [4.78, 5) is 7.46. The first-order chi connectivity index (χ1) is 8.69. The van der Waals surface area contributed by atoms with Gasteiger partial charge in [-0.3, -0.25) is 4.68 Å². The van der Waals surface area contributed by atoms with E-state index in [2.05, 4.69) is 15.1 Å². The minimum Gasteiger partial charge on any atom is -0.338 e. The molecule has 0 saturated carbocycles. The highest BCUT2D eigenvalue weighted by molar-refractivity contribution is 5.80. The molecule has 0 saturated heterocycles. The molecule has 0 atom stereocenters. The maximum absolute atomic E-state index is 13.6. The molecule has 4 nitrogen and oxygen atoms in total. The molecule has 0 bridgehead atoms. The fraction of sp³-hybridized carbons (Fsp3) is 0.231. The van der Waals surface area contributed by atoms with Gasteiger partial charge in [-0.15, -0.1) is 0 Å². The number of hydrogen-bond donors (Lipinski definition) is 1. The largest absolute Gasteiger partial charge is 0.338 e. The molecular weight excluding hydrogens is 231 g/mol. The van der Waals surface area contributed by atoms with Crippen molar-refractivity contribution in [1.29, 1.82) is 0 Å². The molecule has 18 heavy (non-hydrogen) atoms. The topological polar surface area (TPSA) is 46.5 Å². The molecule has 0 spiro atoms. The normalized spacial score (nSPS) is 11.3. The van der Waals surface area contributed by atoms with Gasteiger partial charge in [0.2, 0.25) is 0 Å². The molecule has 3 aromatic rings. The van der Waals surface area contributed by atoms with E-state index in [1.807, 2.05) is 26.2 Å². The van der Waals surface area contributed by atoms with Gasteiger partial charge >= 0.3 is 0 Å². The molecule has 0 unspecified atom stereocenters. The predicted molar refractivity (Wildman–Crippen MR) is 67.6 cm³/mol. The molecule has 2 aromatic heterocycles. The van der Waals surface area contributed by atoms with Gasteiger partial charge in [-0.05, 0) is 18.6 Å². The molecule has 1 N–H and O–H groups in total. The van der Waals surface area contributed by atoms with E-state index in [0.717, 1.165) is 17.7 Å². The lowest BCUT2D eigenvalue weighted by Crippen LogP contribution is -1.89. The van der Waals surface area contributed by atoms with Crippen LogP contribution in [-0.4, -0.2) is 19.7 Å². The quantitative estimate of drug-likeness (QED) is 0.753. The number of aryl methyl sites for hydroxylation is 2. The van der Waals surface area contributed by atoms with Crippen LogP contribution in [0.15, 0.2) is 24.4 Å². The minimum atomic E-state index is -0.308. The fourth-order valence-electron chi connectivity index (χ4n) is 2.12. The van der Waals surface area contributed by atoms with E-state index in [4.69, 9.17) is 0 Å². The Kier molecular flexibility index (Phi) is 2.40. The Bertz CT molecular complexity index is 711. The summed E-state index contributed by atoms with van der Waals surface area (Å²) >= 11 is 0. The van der Waals surface area contributed by atoms with Gasteiger partial charge < -0.3 is 4.98 Å². The van der Waals surface area contributed by atoms with Crippen LogP contribution in [0, 0.1) is 5.82 Å². The number of benzene rings is 1. The van der Waals surface area contributed by atoms with E-state index < -0.39 is 0 Å². The van der Waals surface area contributed by atoms with Crippen molar-refractivity contribution in [3.63, 3.8) is 0 Å². The number of hydrogen-bond acceptors (Lipinski definition) is 2. The maximum atomic E-state index is 13.6. The summed E-state index contributed by atoms with van der Waals surface area (Å²) in [6, 6.07) is 4.90. The lowest BCUT2D eigenvalue weighted by molar-refractivity contribution is 0.637. The van der Waals surface area contributed by atoms with Crippen LogP contribution in [0.4, 0.5) is 4.39 Å². The van der Waals surface area contributed by atoms with Crippen LogP contribution in [0.2, 0.25) is 0 Å². The Morgan fingerprint density at radius 2 is 2.22 bits per heavy atom. The second-order valence-corrected chi connectivity index (χ2v) is 4.24. The second-order valence-electron chi connectivity index (χ2n) is 4.24. The number of halogens is 1. The highest BCUT2D eigenvalue weighted by Crippen LogP contribution is 2.24. The highest BCUT2D eigenvalue weighted by Gasteiger charge is 2.13. The molecule has 0 radical (unpaired) electrons. The number of aromatic nitrogens is 4. The summed E-state index contributed by atoms with van der Waals surface area (Å²) in [7, 11) is 1.87. The van der Waals surface area contributed by atoms with Crippen LogP contribution < -0.4 is 0 Å². The zero-order valence-electron chi connectivity index (χ0n) is 10.2. The molecule has 92 valence electrons. The Morgan fingerprint density at radius 3 is 2.94 bits per heavy atom. The van der Waals surface area contributed by atoms with Crippen LogP contribution in [0.1, 0.15) is 12.6 Å². The fourth-order valence-corrected chi connectivity index (χ4v) is 2.12. The molecule has 1 aromatic carbocycles. The van der Waals surface area contributed by atoms with Crippen molar-refractivity contribution >= 4 is 11.0 Å². The van der Waals surface area contributed by atoms with Gasteiger partial charge in [0.15, 0.2) is 5.82 Å². The predicted octanol–water partition coefficient (Wildman–Crippen LogP) is 2.66. The second kappa shape index (κ2) is 3.94. The Hall–Kier alpha value is -2.17. The Morgan fingerprint density at radius 1 is 1.39 bits per heavy atom. The average Bonchev–Trinajstić information content (AvgIpc) is 2.92. The number of nitrogens with one attached hydrogen (secondary N) is 1. The van der Waals surface area contributed by atoms with Crippen molar-refractivity contribution in [1.82, 2.24) is 19.7 Å². The summed E-state index contributed by atoms with van der Waals surface area (Å²) in [5.41, 5.74) is 2.96. The van der Waals surface area contributed by atoms with Crippen molar-refractivity contribution in [2.45, 2.75) is 13.3 Å². The van der Waals surface area contributed by atoms with Crippen molar-refractivity contribution in [2.24, 2.45) is 7.05 Å². The van der Waals surface area contributed by atoms with Gasteiger partial charge in [0.05, 0.1) is 16.8 Å². The van der Waals surface area contributed by atoms with Crippen LogP contribution in [0.5, 0.6) is 0 Å². The van der Waals surface area contributed by atoms with Gasteiger partial charge in [0.1, 0.15) is 11.3 Å². The first-order valence-electron chi connectivity index (χ1n) is 5.86. The Balaban J connectivity index is 2.22. The first-order valence-corrected chi connectivity index (χ1v) is 5.86. The van der Waals surface area contributed by atoms with Crippen LogP contribution in [-0.2, 0) is 13.5 Å². The van der Waals surface area contributed by atoms with Crippen molar-refractivity contribution in [3.05, 3.63) is 35.9 Å². The van der Waals surface area contributed by atoms with E-state index in [9.17, 15) is 4.39 Å². The van der Waals surface area contributed by atoms with Gasteiger partial charge in [-0.1, -0.05) is 13.0 Å². The Labute approximate surface area is 103 Å². The zero-order valence-corrected chi connectivity index (χ0v) is 10.2. The van der Waals surface area contributed by atoms with E-state index in [1.165, 1.54) is 6.07 Å². The molecule has 0 aliphatic rings. The van der Waals surface area contributed by atoms with Gasteiger partial charge in [-0.2, -0.15) is 5.10 Å². The number of rotatable bonds is 2. The zero-order chi connectivity index (χ0) is 12.7. The summed E-state index contributed by atoms with van der Waals surface area (Å²) in [5.74, 6) is 0.358. The molecule has 3 rings (SSSR count). The number of H-pyrrole nitrogens is 1. The summed E-state index contributed by atoms with van der Waals surface area (Å²) in [6.45, 7) is 2.04. The molecule has 2 heterocycles. The maximum Gasteiger partial charge on any atom is 0.151 e. The minimum absolute atomic E-state index is 0.308. The van der Waals surface area contributed by atoms with E-state index in [-0.39, 0.29) is 5.82 Å². The number of fused-ring (bicyclic) bond motifs is 1. The average molecular weight is 244 g/mol. The van der Waals surface area contributed by atoms with Crippen LogP contribution >= 0.6 is 0 Å². The first kappa shape index (κ1) is 11.0. The standard InChI is InChI=1S/C13H13FN4/c1-3-10-8(7-18(2)17-10)13-15-11-6-4-5-9(14)12(11)16-13/h4-7H,3H2,1-2H3,(H,15,16). The van der Waals surface area contributed by atoms with Crippen molar-refractivity contribution in [3.8, 4) is 11.4 Å². The summed E-state index contributed by atoms with van der Waals surface area (Å²) in [5, 5.41) is 4.36.